The Balaban J connectivity index is -0.0000000745. The molecule has 0 saturated carbocycles. The Morgan fingerprint density at radius 3 is 0.156 bits per heavy atom. The van der Waals surface area contributed by atoms with Crippen molar-refractivity contribution in [2.24, 2.45) is 165 Å². The Morgan fingerprint density at radius 2 is 0.156 bits per heavy atom. The fourth-order valence-electron chi connectivity index (χ4n) is 5.67. The van der Waals surface area contributed by atoms with Crippen molar-refractivity contribution in [3.05, 3.63) is 0 Å². The predicted octanol–water partition coefficient (Wildman–Crippen LogP) is 41.8. The van der Waals surface area contributed by atoms with Crippen LogP contribution in [0.5, 0.6) is 0 Å². The number of hydrogen-bond donors (Lipinski definition) is 0. The first-order valence-corrected chi connectivity index (χ1v) is 47.2. The van der Waals surface area contributed by atoms with E-state index in [0.717, 1.165) is 88.8 Å². The van der Waals surface area contributed by atoms with E-state index in [4.69, 9.17) is 0 Å². The number of rotatable bonds is 24. The van der Waals surface area contributed by atoms with Crippen LogP contribution in [0.3, 0.4) is 0 Å². The van der Waals surface area contributed by atoms with Gasteiger partial charge in [0.15, 0.2) is 0 Å². The maximum Gasteiger partial charge on any atom is -0.0308 e. The van der Waals surface area contributed by atoms with E-state index >= 15 is 0 Å². The summed E-state index contributed by atoms with van der Waals surface area (Å²) < 4.78 is 0. The zero-order valence-electron chi connectivity index (χ0n) is 93.0. The average Bonchev–Trinajstić information content (AvgIpc) is 0.881. The second kappa shape index (κ2) is 64.9. The Labute approximate surface area is 709 Å². The lowest BCUT2D eigenvalue weighted by atomic mass is 9.72. The van der Waals surface area contributed by atoms with E-state index in [9.17, 15) is 0 Å². The summed E-state index contributed by atoms with van der Waals surface area (Å²) in [6.07, 6.45) is 11.5. The lowest BCUT2D eigenvalue weighted by Crippen LogP contribution is -2.25. The summed E-state index contributed by atoms with van der Waals surface area (Å²) in [5.74, 6) is 12.0. The summed E-state index contributed by atoms with van der Waals surface area (Å²) in [6.45, 7) is 162. The third-order valence-electron chi connectivity index (χ3n) is 31.2. The lowest BCUT2D eigenvalue weighted by Gasteiger charge is -2.33. The van der Waals surface area contributed by atoms with Gasteiger partial charge in [-0.3, -0.25) is 0 Å². The van der Waals surface area contributed by atoms with Crippen LogP contribution in [-0.4, -0.2) is 0 Å². The highest BCUT2D eigenvalue weighted by atomic mass is 14.3. The molecular formula is C109H246. The second-order valence-corrected chi connectivity index (χ2v) is 49.9. The first kappa shape index (κ1) is 141. The SMILES string of the molecule is CC(C)(C)C.CC(C)(C)C.CC(C)C(C)(C)C(C)C.CC(C)C(C)(C)C(C)C.CC(C)C(C)(C)C(C)C.CCC(C)(C)C(C)C.CCC(C)(C)C(C)C.CCC(C)(C)C(C)C.CCC(C)(C)C(C)C.CCC(C)(C)C(C)C.CCC(C)(C)C(C)C.CCC(C)(C)C(C)C.CCC(C)(C)C(C)C.CCC(C)(C)C(C)C. The van der Waals surface area contributed by atoms with Gasteiger partial charge in [-0.25, -0.2) is 0 Å². The predicted molar refractivity (Wildman–Crippen MR) is 531 cm³/mol. The molecule has 0 aliphatic rings. The molecule has 0 bridgehead atoms. The molecule has 0 fully saturated rings. The van der Waals surface area contributed by atoms with Gasteiger partial charge in [0.1, 0.15) is 0 Å². The van der Waals surface area contributed by atoms with Gasteiger partial charge in [0.2, 0.25) is 0 Å². The second-order valence-electron chi connectivity index (χ2n) is 49.9. The van der Waals surface area contributed by atoms with Crippen molar-refractivity contribution in [1.29, 1.82) is 0 Å². The molecule has 0 radical (unpaired) electrons. The Morgan fingerprint density at radius 1 is 0.110 bits per heavy atom. The minimum Gasteiger partial charge on any atom is -0.0649 e. The van der Waals surface area contributed by atoms with E-state index < -0.39 is 0 Å². The van der Waals surface area contributed by atoms with Crippen molar-refractivity contribution in [1.82, 2.24) is 0 Å². The molecule has 0 aliphatic carbocycles. The highest BCUT2D eigenvalue weighted by molar-refractivity contribution is 4.79. The summed E-state index contributed by atoms with van der Waals surface area (Å²) in [6, 6.07) is 0. The average molecular weight is 1560 g/mol. The Kier molecular flexibility index (Phi) is 83.9. The molecule has 0 aromatic carbocycles. The van der Waals surface area contributed by atoms with Gasteiger partial charge in [-0.2, -0.15) is 0 Å². The van der Waals surface area contributed by atoms with Crippen molar-refractivity contribution in [3.8, 4) is 0 Å². The van der Waals surface area contributed by atoms with Crippen molar-refractivity contribution < 1.29 is 0 Å². The zero-order valence-corrected chi connectivity index (χ0v) is 93.0. The summed E-state index contributed by atoms with van der Waals surface area (Å²) in [5.41, 5.74) is 7.38. The van der Waals surface area contributed by atoms with Crippen LogP contribution < -0.4 is 0 Å². The minimum absolute atomic E-state index is 0.500. The van der Waals surface area contributed by atoms with Crippen LogP contribution in [-0.2, 0) is 0 Å². The van der Waals surface area contributed by atoms with Gasteiger partial charge in [-0.1, -0.05) is 549 Å². The van der Waals surface area contributed by atoms with Gasteiger partial charge in [-0.05, 0) is 165 Å². The van der Waals surface area contributed by atoms with Crippen LogP contribution in [0.2, 0.25) is 0 Å². The molecule has 0 atom stereocenters. The fraction of sp³-hybridized carbons (Fsp3) is 1.00. The maximum absolute atomic E-state index is 2.34. The molecule has 0 N–H and O–H groups in total. The van der Waals surface area contributed by atoms with Gasteiger partial charge in [0.05, 0.1) is 0 Å². The molecule has 0 aromatic rings. The molecule has 0 aromatic heterocycles. The fourth-order valence-corrected chi connectivity index (χ4v) is 5.67. The van der Waals surface area contributed by atoms with E-state index in [1.807, 2.05) is 0 Å². The lowest BCUT2D eigenvalue weighted by molar-refractivity contribution is 0.165. The molecule has 0 aliphatic heterocycles. The molecule has 0 amide bonds. The van der Waals surface area contributed by atoms with Crippen molar-refractivity contribution in [2.75, 3.05) is 0 Å². The summed E-state index contributed by atoms with van der Waals surface area (Å²) in [4.78, 5) is 0. The smallest absolute Gasteiger partial charge is 0.0308 e. The molecule has 0 unspecified atom stereocenters. The molecule has 0 nitrogen and oxygen atoms in total. The van der Waals surface area contributed by atoms with Crippen molar-refractivity contribution in [2.45, 2.75) is 549 Å². The first-order valence-electron chi connectivity index (χ1n) is 47.2. The van der Waals surface area contributed by atoms with E-state index in [2.05, 4.69) is 492 Å². The Hall–Kier alpha value is 0. The summed E-state index contributed by atoms with van der Waals surface area (Å²) >= 11 is 0. The van der Waals surface area contributed by atoms with Crippen LogP contribution in [0.1, 0.15) is 549 Å². The minimum atomic E-state index is 0.500. The van der Waals surface area contributed by atoms with Gasteiger partial charge in [0.25, 0.3) is 0 Å². The van der Waals surface area contributed by atoms with E-state index in [-0.39, 0.29) is 0 Å². The van der Waals surface area contributed by atoms with Crippen molar-refractivity contribution in [3.63, 3.8) is 0 Å². The molecule has 0 spiro atoms. The molecule has 0 heterocycles. The summed E-state index contributed by atoms with van der Waals surface area (Å²) in [5, 5.41) is 0. The normalized spacial score (nSPS) is 12.8. The largest absolute Gasteiger partial charge is 0.0649 e. The van der Waals surface area contributed by atoms with Gasteiger partial charge in [-0.15, -0.1) is 0 Å². The molecule has 682 valence electrons. The van der Waals surface area contributed by atoms with Crippen LogP contribution in [0, 0.1) is 165 Å². The molecule has 109 heavy (non-hydrogen) atoms. The third-order valence-corrected chi connectivity index (χ3v) is 31.2. The molecular weight excluding hydrogens is 1310 g/mol. The number of hydrogen-bond acceptors (Lipinski definition) is 0. The van der Waals surface area contributed by atoms with E-state index in [0.29, 0.717) is 75.8 Å². The third kappa shape index (κ3) is 88.6. The standard InChI is InChI=1S/3C9H20.9C8H18.2C5H12/c3*1-7(2)9(5,6)8(3)4;9*1-6-8(4,5)7(2)3;2*1-5(2,3)4/h3*7-8H,1-6H3;9*7H,6H2,1-5H3;2*1-4H3. The highest BCUT2D eigenvalue weighted by Crippen LogP contribution is 2.38. The van der Waals surface area contributed by atoms with E-state index in [1.54, 1.807) is 0 Å². The van der Waals surface area contributed by atoms with Crippen LogP contribution >= 0.6 is 0 Å². The van der Waals surface area contributed by atoms with Crippen LogP contribution in [0.4, 0.5) is 0 Å². The topological polar surface area (TPSA) is 0 Å². The molecule has 0 saturated heterocycles. The van der Waals surface area contributed by atoms with Crippen LogP contribution in [0.25, 0.3) is 0 Å². The van der Waals surface area contributed by atoms with Crippen LogP contribution in [0.15, 0.2) is 0 Å². The van der Waals surface area contributed by atoms with Gasteiger partial charge in [0, 0.05) is 0 Å². The first-order chi connectivity index (χ1) is 47.2. The quantitative estimate of drug-likeness (QED) is 0.0904. The Bertz CT molecular complexity index is 1470. The van der Waals surface area contributed by atoms with Gasteiger partial charge >= 0.3 is 0 Å². The molecule has 0 heteroatoms. The van der Waals surface area contributed by atoms with Gasteiger partial charge < -0.3 is 0 Å². The van der Waals surface area contributed by atoms with Crippen molar-refractivity contribution >= 4 is 0 Å². The van der Waals surface area contributed by atoms with E-state index in [1.165, 1.54) is 57.8 Å². The highest BCUT2D eigenvalue weighted by Gasteiger charge is 2.29. The monoisotopic (exact) mass is 1560 g/mol. The summed E-state index contributed by atoms with van der Waals surface area (Å²) in [7, 11) is 0. The maximum atomic E-state index is 2.34. The zero-order chi connectivity index (χ0) is 93.0. The molecule has 0 rings (SSSR count).